The van der Waals surface area contributed by atoms with Gasteiger partial charge in [0.1, 0.15) is 11.6 Å². The molecule has 0 aliphatic rings. The van der Waals surface area contributed by atoms with Crippen LogP contribution in [0.4, 0.5) is 4.39 Å². The van der Waals surface area contributed by atoms with Crippen LogP contribution in [0.5, 0.6) is 11.8 Å². The smallest absolute Gasteiger partial charge is 0.321 e. The van der Waals surface area contributed by atoms with Gasteiger partial charge in [0.2, 0.25) is 0 Å². The third-order valence-electron chi connectivity index (χ3n) is 1.94. The lowest BCUT2D eigenvalue weighted by Crippen LogP contribution is -1.93. The number of benzene rings is 1. The zero-order valence-electron chi connectivity index (χ0n) is 8.53. The molecule has 1 aromatic carbocycles. The number of halogens is 3. The van der Waals surface area contributed by atoms with Gasteiger partial charge in [-0.15, -0.1) is 0 Å². The first kappa shape index (κ1) is 12.3. The van der Waals surface area contributed by atoms with Gasteiger partial charge in [0.05, 0.1) is 5.02 Å². The Bertz CT molecular complexity index is 521. The van der Waals surface area contributed by atoms with E-state index in [1.807, 2.05) is 0 Å². The molecule has 0 aliphatic heterocycles. The summed E-state index contributed by atoms with van der Waals surface area (Å²) in [6.45, 7) is 0. The highest BCUT2D eigenvalue weighted by Crippen LogP contribution is 2.23. The molecule has 3 nitrogen and oxygen atoms in total. The molecule has 0 amide bonds. The topological polar surface area (TPSA) is 35.0 Å². The minimum atomic E-state index is -0.541. The van der Waals surface area contributed by atoms with Crippen molar-refractivity contribution < 1.29 is 9.13 Å². The number of rotatable bonds is 3. The van der Waals surface area contributed by atoms with Gasteiger partial charge in [0.15, 0.2) is 0 Å². The van der Waals surface area contributed by atoms with Gasteiger partial charge in [0, 0.05) is 23.8 Å². The van der Waals surface area contributed by atoms with Crippen molar-refractivity contribution in [3.63, 3.8) is 0 Å². The first-order valence-electron chi connectivity index (χ1n) is 4.69. The van der Waals surface area contributed by atoms with Crippen LogP contribution in [0.15, 0.2) is 30.6 Å². The molecule has 6 heteroatoms. The zero-order chi connectivity index (χ0) is 12.3. The van der Waals surface area contributed by atoms with Crippen LogP contribution in [-0.4, -0.2) is 9.97 Å². The van der Waals surface area contributed by atoms with E-state index in [0.717, 1.165) is 5.56 Å². The van der Waals surface area contributed by atoms with Crippen molar-refractivity contribution in [3.8, 4) is 11.8 Å². The molecular formula is C11H7BrClFN2O. The van der Waals surface area contributed by atoms with E-state index in [0.29, 0.717) is 11.1 Å². The first-order chi connectivity index (χ1) is 8.19. The predicted octanol–water partition coefficient (Wildman–Crippen LogP) is 3.96. The zero-order valence-corrected chi connectivity index (χ0v) is 10.9. The molecule has 88 valence electrons. The Morgan fingerprint density at radius 3 is 2.59 bits per heavy atom. The normalized spacial score (nSPS) is 10.3. The average molecular weight is 318 g/mol. The first-order valence-corrected chi connectivity index (χ1v) is 6.19. The number of hydrogen-bond donors (Lipinski definition) is 0. The maximum absolute atomic E-state index is 13.1. The lowest BCUT2D eigenvalue weighted by molar-refractivity contribution is 0.437. The molecule has 0 bridgehead atoms. The van der Waals surface area contributed by atoms with E-state index in [9.17, 15) is 4.39 Å². The van der Waals surface area contributed by atoms with Crippen molar-refractivity contribution >= 4 is 27.5 Å². The highest BCUT2D eigenvalue weighted by atomic mass is 79.9. The molecule has 0 N–H and O–H groups in total. The van der Waals surface area contributed by atoms with E-state index in [1.54, 1.807) is 18.5 Å². The summed E-state index contributed by atoms with van der Waals surface area (Å²) in [5.74, 6) is -0.236. The molecule has 0 radical (unpaired) electrons. The standard InChI is InChI=1S/C11H7BrClFN2O/c12-4-7-5-15-11(16-6-7)17-8-1-2-9(13)10(14)3-8/h1-3,5-6H,4H2. The molecule has 17 heavy (non-hydrogen) atoms. The van der Waals surface area contributed by atoms with Crippen LogP contribution in [0.3, 0.4) is 0 Å². The van der Waals surface area contributed by atoms with Crippen LogP contribution in [-0.2, 0) is 5.33 Å². The maximum Gasteiger partial charge on any atom is 0.321 e. The molecule has 0 saturated heterocycles. The van der Waals surface area contributed by atoms with Crippen LogP contribution in [0.2, 0.25) is 5.02 Å². The number of alkyl halides is 1. The molecule has 0 spiro atoms. The molecule has 0 fully saturated rings. The van der Waals surface area contributed by atoms with Crippen molar-refractivity contribution in [1.82, 2.24) is 9.97 Å². The van der Waals surface area contributed by atoms with Crippen LogP contribution in [0.25, 0.3) is 0 Å². The predicted molar refractivity (Wildman–Crippen MR) is 66.1 cm³/mol. The monoisotopic (exact) mass is 316 g/mol. The Balaban J connectivity index is 2.16. The third kappa shape index (κ3) is 3.14. The summed E-state index contributed by atoms with van der Waals surface area (Å²) in [6, 6.07) is 4.31. The summed E-state index contributed by atoms with van der Waals surface area (Å²) in [6.07, 6.45) is 3.26. The second kappa shape index (κ2) is 5.42. The Kier molecular flexibility index (Phi) is 3.91. The summed E-state index contributed by atoms with van der Waals surface area (Å²) in [5, 5.41) is 0.718. The number of aromatic nitrogens is 2. The summed E-state index contributed by atoms with van der Waals surface area (Å²) in [4.78, 5) is 7.96. The highest BCUT2D eigenvalue weighted by molar-refractivity contribution is 9.08. The van der Waals surface area contributed by atoms with Crippen LogP contribution < -0.4 is 4.74 Å². The van der Waals surface area contributed by atoms with Gasteiger partial charge in [-0.05, 0) is 17.7 Å². The van der Waals surface area contributed by atoms with Crippen LogP contribution in [0, 0.1) is 5.82 Å². The van der Waals surface area contributed by atoms with Crippen molar-refractivity contribution in [2.75, 3.05) is 0 Å². The molecule has 1 heterocycles. The lowest BCUT2D eigenvalue weighted by atomic mass is 10.3. The quantitative estimate of drug-likeness (QED) is 0.804. The Morgan fingerprint density at radius 2 is 2.00 bits per heavy atom. The number of nitrogens with zero attached hydrogens (tertiary/aromatic N) is 2. The van der Waals surface area contributed by atoms with E-state index in [4.69, 9.17) is 16.3 Å². The van der Waals surface area contributed by atoms with E-state index in [2.05, 4.69) is 25.9 Å². The Morgan fingerprint density at radius 1 is 1.29 bits per heavy atom. The van der Waals surface area contributed by atoms with E-state index in [-0.39, 0.29) is 11.0 Å². The second-order valence-corrected chi connectivity index (χ2v) is 4.15. The van der Waals surface area contributed by atoms with Crippen molar-refractivity contribution in [3.05, 3.63) is 47.0 Å². The van der Waals surface area contributed by atoms with E-state index < -0.39 is 5.82 Å². The van der Waals surface area contributed by atoms with Crippen molar-refractivity contribution in [2.24, 2.45) is 0 Å². The SMILES string of the molecule is Fc1cc(Oc2ncc(CBr)cn2)ccc1Cl. The largest absolute Gasteiger partial charge is 0.424 e. The van der Waals surface area contributed by atoms with Crippen molar-refractivity contribution in [1.29, 1.82) is 0 Å². The van der Waals surface area contributed by atoms with Gasteiger partial charge >= 0.3 is 6.01 Å². The van der Waals surface area contributed by atoms with Gasteiger partial charge in [-0.3, -0.25) is 0 Å². The van der Waals surface area contributed by atoms with Gasteiger partial charge in [-0.2, -0.15) is 0 Å². The van der Waals surface area contributed by atoms with Crippen LogP contribution in [0.1, 0.15) is 5.56 Å². The molecule has 2 aromatic rings. The lowest BCUT2D eigenvalue weighted by Gasteiger charge is -2.04. The van der Waals surface area contributed by atoms with Gasteiger partial charge in [-0.1, -0.05) is 27.5 Å². The molecule has 0 unspecified atom stereocenters. The van der Waals surface area contributed by atoms with E-state index >= 15 is 0 Å². The third-order valence-corrected chi connectivity index (χ3v) is 2.89. The minimum absolute atomic E-state index is 0.0490. The summed E-state index contributed by atoms with van der Waals surface area (Å²) < 4.78 is 18.4. The highest BCUT2D eigenvalue weighted by Gasteiger charge is 2.04. The second-order valence-electron chi connectivity index (χ2n) is 3.19. The van der Waals surface area contributed by atoms with Gasteiger partial charge in [0.25, 0.3) is 0 Å². The number of hydrogen-bond acceptors (Lipinski definition) is 3. The maximum atomic E-state index is 13.1. The fourth-order valence-corrected chi connectivity index (χ4v) is 1.52. The summed E-state index contributed by atoms with van der Waals surface area (Å²) in [7, 11) is 0. The summed E-state index contributed by atoms with van der Waals surface area (Å²) >= 11 is 8.84. The van der Waals surface area contributed by atoms with Gasteiger partial charge < -0.3 is 4.74 Å². The van der Waals surface area contributed by atoms with Gasteiger partial charge in [-0.25, -0.2) is 14.4 Å². The van der Waals surface area contributed by atoms with E-state index in [1.165, 1.54) is 12.1 Å². The molecule has 0 atom stereocenters. The molecule has 0 saturated carbocycles. The molecule has 1 aromatic heterocycles. The van der Waals surface area contributed by atoms with Crippen LogP contribution >= 0.6 is 27.5 Å². The fourth-order valence-electron chi connectivity index (χ4n) is 1.11. The van der Waals surface area contributed by atoms with Crippen molar-refractivity contribution in [2.45, 2.75) is 5.33 Å². The average Bonchev–Trinajstić information content (AvgIpc) is 2.35. The Hall–Kier alpha value is -1.20. The molecule has 0 aliphatic carbocycles. The summed E-state index contributed by atoms with van der Waals surface area (Å²) in [5.41, 5.74) is 0.930. The fraction of sp³-hybridized carbons (Fsp3) is 0.0909. The minimum Gasteiger partial charge on any atom is -0.424 e. The number of ether oxygens (including phenoxy) is 1. The molecular weight excluding hydrogens is 310 g/mol. The molecule has 2 rings (SSSR count). The Labute approximate surface area is 111 Å².